The van der Waals surface area contributed by atoms with E-state index >= 15 is 0 Å². The third kappa shape index (κ3) is 4.77. The van der Waals surface area contributed by atoms with E-state index in [0.717, 1.165) is 0 Å². The van der Waals surface area contributed by atoms with Crippen LogP contribution in [0.2, 0.25) is 10.0 Å². The number of nitrogens with one attached hydrogen (secondary N) is 1. The maximum atomic E-state index is 12.2. The van der Waals surface area contributed by atoms with E-state index in [-0.39, 0.29) is 27.6 Å². The molecule has 0 heterocycles. The fourth-order valence-corrected chi connectivity index (χ4v) is 2.06. The minimum Gasteiger partial charge on any atom is -0.432 e. The summed E-state index contributed by atoms with van der Waals surface area (Å²) in [7, 11) is 0. The van der Waals surface area contributed by atoms with Crippen molar-refractivity contribution in [3.05, 3.63) is 22.2 Å². The van der Waals surface area contributed by atoms with Gasteiger partial charge in [0.2, 0.25) is 5.91 Å². The summed E-state index contributed by atoms with van der Waals surface area (Å²) in [5.41, 5.74) is 5.67. The zero-order valence-electron chi connectivity index (χ0n) is 10.6. The zero-order chi connectivity index (χ0) is 15.3. The molecule has 4 nitrogen and oxygen atoms in total. The van der Waals surface area contributed by atoms with Crippen LogP contribution in [0, 0.1) is 5.92 Å². The molecule has 1 aromatic rings. The average Bonchev–Trinajstić information content (AvgIpc) is 2.34. The van der Waals surface area contributed by atoms with Gasteiger partial charge >= 0.3 is 6.61 Å². The van der Waals surface area contributed by atoms with E-state index < -0.39 is 6.61 Å². The molecule has 0 spiro atoms. The number of rotatable bonds is 6. The van der Waals surface area contributed by atoms with Crippen molar-refractivity contribution in [2.24, 2.45) is 11.7 Å². The van der Waals surface area contributed by atoms with Gasteiger partial charge in [-0.1, -0.05) is 30.1 Å². The first-order valence-corrected chi connectivity index (χ1v) is 6.55. The van der Waals surface area contributed by atoms with Crippen LogP contribution in [-0.2, 0) is 4.79 Å². The highest BCUT2D eigenvalue weighted by Gasteiger charge is 2.17. The molecule has 1 atom stereocenters. The van der Waals surface area contributed by atoms with E-state index in [1.165, 1.54) is 12.1 Å². The number of hydrogen-bond acceptors (Lipinski definition) is 3. The van der Waals surface area contributed by atoms with Crippen LogP contribution in [-0.4, -0.2) is 19.1 Å². The molecule has 1 amide bonds. The van der Waals surface area contributed by atoms with E-state index in [9.17, 15) is 13.6 Å². The predicted octanol–water partition coefficient (Wildman–Crippen LogP) is 3.52. The summed E-state index contributed by atoms with van der Waals surface area (Å²) < 4.78 is 28.5. The molecule has 1 rings (SSSR count). The average molecular weight is 327 g/mol. The predicted molar refractivity (Wildman–Crippen MR) is 74.6 cm³/mol. The largest absolute Gasteiger partial charge is 0.432 e. The molecule has 1 unspecified atom stereocenters. The number of carbonyl (C=O) groups is 1. The molecule has 0 aliphatic rings. The first kappa shape index (κ1) is 16.9. The van der Waals surface area contributed by atoms with Crippen molar-refractivity contribution in [3.8, 4) is 5.75 Å². The molecule has 0 saturated heterocycles. The molecular weight excluding hydrogens is 313 g/mol. The molecular formula is C12H14Cl2F2N2O2. The molecule has 0 bridgehead atoms. The van der Waals surface area contributed by atoms with Crippen molar-refractivity contribution in [1.29, 1.82) is 0 Å². The van der Waals surface area contributed by atoms with Crippen LogP contribution >= 0.6 is 23.2 Å². The van der Waals surface area contributed by atoms with Gasteiger partial charge in [-0.15, -0.1) is 0 Å². The SMILES string of the molecule is CC(CCN)C(=O)Nc1cc(Cl)c(OC(F)F)c(Cl)c1. The van der Waals surface area contributed by atoms with E-state index in [1.54, 1.807) is 6.92 Å². The Morgan fingerprint density at radius 2 is 1.95 bits per heavy atom. The van der Waals surface area contributed by atoms with Crippen molar-refractivity contribution in [2.75, 3.05) is 11.9 Å². The Balaban J connectivity index is 2.86. The summed E-state index contributed by atoms with van der Waals surface area (Å²) in [6.45, 7) is -0.924. The van der Waals surface area contributed by atoms with Crippen LogP contribution in [0.1, 0.15) is 13.3 Å². The van der Waals surface area contributed by atoms with Gasteiger partial charge < -0.3 is 15.8 Å². The topological polar surface area (TPSA) is 64.4 Å². The van der Waals surface area contributed by atoms with Gasteiger partial charge in [0.1, 0.15) is 0 Å². The first-order valence-electron chi connectivity index (χ1n) is 5.80. The summed E-state index contributed by atoms with van der Waals surface area (Å²) >= 11 is 11.6. The van der Waals surface area contributed by atoms with Crippen LogP contribution in [0.15, 0.2) is 12.1 Å². The highest BCUT2D eigenvalue weighted by Crippen LogP contribution is 2.37. The number of ether oxygens (including phenoxy) is 1. The van der Waals surface area contributed by atoms with Crippen LogP contribution in [0.4, 0.5) is 14.5 Å². The van der Waals surface area contributed by atoms with Crippen molar-refractivity contribution in [1.82, 2.24) is 0 Å². The van der Waals surface area contributed by atoms with E-state index in [2.05, 4.69) is 10.1 Å². The van der Waals surface area contributed by atoms with Gasteiger partial charge in [0.15, 0.2) is 5.75 Å². The third-order valence-corrected chi connectivity index (χ3v) is 3.08. The lowest BCUT2D eigenvalue weighted by atomic mass is 10.1. The number of hydrogen-bond donors (Lipinski definition) is 2. The highest BCUT2D eigenvalue weighted by atomic mass is 35.5. The molecule has 20 heavy (non-hydrogen) atoms. The van der Waals surface area contributed by atoms with Gasteiger partial charge in [-0.3, -0.25) is 4.79 Å². The van der Waals surface area contributed by atoms with Gasteiger partial charge in [-0.05, 0) is 25.1 Å². The summed E-state index contributed by atoms with van der Waals surface area (Å²) in [5, 5.41) is 2.36. The quantitative estimate of drug-likeness (QED) is 0.840. The van der Waals surface area contributed by atoms with Gasteiger partial charge in [0, 0.05) is 11.6 Å². The Bertz CT molecular complexity index is 464. The van der Waals surface area contributed by atoms with Gasteiger partial charge in [0.25, 0.3) is 0 Å². The summed E-state index contributed by atoms with van der Waals surface area (Å²) in [5.74, 6) is -0.865. The maximum Gasteiger partial charge on any atom is 0.387 e. The molecule has 1 aromatic carbocycles. The molecule has 0 aliphatic heterocycles. The van der Waals surface area contributed by atoms with Crippen molar-refractivity contribution in [2.45, 2.75) is 20.0 Å². The van der Waals surface area contributed by atoms with Gasteiger partial charge in [-0.25, -0.2) is 0 Å². The maximum absolute atomic E-state index is 12.2. The Morgan fingerprint density at radius 3 is 2.40 bits per heavy atom. The Labute approximate surface area is 125 Å². The van der Waals surface area contributed by atoms with E-state index in [0.29, 0.717) is 18.7 Å². The first-order chi connectivity index (χ1) is 9.35. The zero-order valence-corrected chi connectivity index (χ0v) is 12.1. The second-order valence-electron chi connectivity index (χ2n) is 4.12. The summed E-state index contributed by atoms with van der Waals surface area (Å²) in [6.07, 6.45) is 0.528. The second kappa shape index (κ2) is 7.61. The lowest BCUT2D eigenvalue weighted by molar-refractivity contribution is -0.119. The van der Waals surface area contributed by atoms with Crippen LogP contribution in [0.25, 0.3) is 0 Å². The highest BCUT2D eigenvalue weighted by molar-refractivity contribution is 6.37. The van der Waals surface area contributed by atoms with E-state index in [1.807, 2.05) is 0 Å². The van der Waals surface area contributed by atoms with Crippen molar-refractivity contribution in [3.63, 3.8) is 0 Å². The minimum atomic E-state index is -3.03. The molecule has 0 aliphatic carbocycles. The monoisotopic (exact) mass is 326 g/mol. The summed E-state index contributed by atoms with van der Waals surface area (Å²) in [4.78, 5) is 11.8. The van der Waals surface area contributed by atoms with Crippen molar-refractivity contribution < 1.29 is 18.3 Å². The molecule has 3 N–H and O–H groups in total. The third-order valence-electron chi connectivity index (χ3n) is 2.52. The Hall–Kier alpha value is -1.11. The fourth-order valence-electron chi connectivity index (χ4n) is 1.48. The number of alkyl halides is 2. The number of halogens is 4. The Kier molecular flexibility index (Phi) is 6.45. The minimum absolute atomic E-state index is 0.112. The Morgan fingerprint density at radius 1 is 1.40 bits per heavy atom. The normalized spacial score (nSPS) is 12.3. The number of carbonyl (C=O) groups excluding carboxylic acids is 1. The fraction of sp³-hybridized carbons (Fsp3) is 0.417. The van der Waals surface area contributed by atoms with Crippen LogP contribution in [0.5, 0.6) is 5.75 Å². The molecule has 0 radical (unpaired) electrons. The van der Waals surface area contributed by atoms with Gasteiger partial charge in [0.05, 0.1) is 10.0 Å². The number of amides is 1. The van der Waals surface area contributed by atoms with Gasteiger partial charge in [-0.2, -0.15) is 8.78 Å². The molecule has 0 aromatic heterocycles. The van der Waals surface area contributed by atoms with Crippen LogP contribution in [0.3, 0.4) is 0 Å². The molecule has 8 heteroatoms. The standard InChI is InChI=1S/C12H14Cl2F2N2O2/c1-6(2-3-17)11(19)18-7-4-8(13)10(9(14)5-7)20-12(15)16/h4-6,12H,2-3,17H2,1H3,(H,18,19). The molecule has 0 fully saturated rings. The number of benzene rings is 1. The molecule has 0 saturated carbocycles. The number of anilines is 1. The lowest BCUT2D eigenvalue weighted by Gasteiger charge is -2.14. The van der Waals surface area contributed by atoms with E-state index in [4.69, 9.17) is 28.9 Å². The lowest BCUT2D eigenvalue weighted by Crippen LogP contribution is -2.22. The van der Waals surface area contributed by atoms with Crippen LogP contribution < -0.4 is 15.8 Å². The van der Waals surface area contributed by atoms with Crippen molar-refractivity contribution >= 4 is 34.8 Å². The smallest absolute Gasteiger partial charge is 0.387 e. The number of nitrogens with two attached hydrogens (primary N) is 1. The second-order valence-corrected chi connectivity index (χ2v) is 4.93. The molecule has 112 valence electrons. The summed E-state index contributed by atoms with van der Waals surface area (Å²) in [6, 6.07) is 2.58.